The van der Waals surface area contributed by atoms with Gasteiger partial charge < -0.3 is 19.8 Å². The van der Waals surface area contributed by atoms with Gasteiger partial charge in [0.05, 0.1) is 23.8 Å². The molecule has 0 unspecified atom stereocenters. The van der Waals surface area contributed by atoms with E-state index < -0.39 is 5.41 Å². The second kappa shape index (κ2) is 10.0. The average molecular weight is 442 g/mol. The van der Waals surface area contributed by atoms with E-state index in [1.807, 2.05) is 49.1 Å². The summed E-state index contributed by atoms with van der Waals surface area (Å²) in [4.78, 5) is 33.8. The predicted molar refractivity (Wildman–Crippen MR) is 122 cm³/mol. The van der Waals surface area contributed by atoms with Crippen molar-refractivity contribution in [3.05, 3.63) is 35.9 Å². The number of ether oxygens (including phenoxy) is 1. The Balaban J connectivity index is 1.44. The Morgan fingerprint density at radius 3 is 2.62 bits per heavy atom. The van der Waals surface area contributed by atoms with Gasteiger partial charge in [-0.1, -0.05) is 49.3 Å². The first-order valence-electron chi connectivity index (χ1n) is 11.9. The number of hydrogen-bond donors (Lipinski definition) is 1. The number of amides is 2. The van der Waals surface area contributed by atoms with Crippen molar-refractivity contribution in [1.82, 2.24) is 10.2 Å². The van der Waals surface area contributed by atoms with E-state index in [2.05, 4.69) is 10.5 Å². The first-order chi connectivity index (χ1) is 15.5. The van der Waals surface area contributed by atoms with Crippen LogP contribution in [0.4, 0.5) is 0 Å². The van der Waals surface area contributed by atoms with Crippen molar-refractivity contribution >= 4 is 17.5 Å². The number of carbonyl (C=O) groups is 2. The summed E-state index contributed by atoms with van der Waals surface area (Å²) in [6.07, 6.45) is 4.37. The molecule has 7 heteroatoms. The van der Waals surface area contributed by atoms with E-state index in [0.717, 1.165) is 30.7 Å². The van der Waals surface area contributed by atoms with Crippen LogP contribution < -0.4 is 5.32 Å². The summed E-state index contributed by atoms with van der Waals surface area (Å²) in [6, 6.07) is 10.1. The van der Waals surface area contributed by atoms with E-state index in [0.29, 0.717) is 45.4 Å². The summed E-state index contributed by atoms with van der Waals surface area (Å²) in [7, 11) is 0. The van der Waals surface area contributed by atoms with Crippen LogP contribution in [0.5, 0.6) is 0 Å². The highest BCUT2D eigenvalue weighted by atomic mass is 16.6. The molecule has 4 rings (SSSR count). The van der Waals surface area contributed by atoms with E-state index in [1.165, 1.54) is 0 Å². The number of nitrogens with one attached hydrogen (secondary N) is 1. The molecule has 0 radical (unpaired) electrons. The normalized spacial score (nSPS) is 25.2. The molecule has 2 fully saturated rings. The molecule has 1 N–H and O–H groups in total. The number of benzene rings is 1. The van der Waals surface area contributed by atoms with Gasteiger partial charge in [-0.05, 0) is 31.2 Å². The first kappa shape index (κ1) is 22.8. The van der Waals surface area contributed by atoms with Gasteiger partial charge in [-0.15, -0.1) is 0 Å². The number of rotatable bonds is 6. The summed E-state index contributed by atoms with van der Waals surface area (Å²) in [5.74, 6) is 0.198. The second-order valence-corrected chi connectivity index (χ2v) is 9.69. The molecule has 0 saturated carbocycles. The molecular formula is C25H35N3O4. The standard InChI is InChI=1S/C25H35N3O4/c1-18(2)23(29)28-12-10-25(11-13-28,24(30)26-20-9-6-14-31-17-20)16-21-15-22(27-32-21)19-7-4-3-5-8-19/h3-5,7-8,18,20-21H,6,9-17H2,1-2H3,(H,26,30)/t20-,21-/m0/s1. The van der Waals surface area contributed by atoms with Crippen LogP contribution in [-0.4, -0.2) is 60.9 Å². The zero-order valence-corrected chi connectivity index (χ0v) is 19.2. The largest absolute Gasteiger partial charge is 0.392 e. The summed E-state index contributed by atoms with van der Waals surface area (Å²) in [6.45, 7) is 6.39. The summed E-state index contributed by atoms with van der Waals surface area (Å²) >= 11 is 0. The number of piperidine rings is 1. The summed E-state index contributed by atoms with van der Waals surface area (Å²) in [5, 5.41) is 7.58. The zero-order chi connectivity index (χ0) is 22.6. The van der Waals surface area contributed by atoms with Gasteiger partial charge in [0.15, 0.2) is 0 Å². The molecule has 2 atom stereocenters. The van der Waals surface area contributed by atoms with Gasteiger partial charge in [0, 0.05) is 38.5 Å². The fraction of sp³-hybridized carbons (Fsp3) is 0.640. The Bertz CT molecular complexity index is 825. The molecule has 2 amide bonds. The molecule has 0 bridgehead atoms. The third-order valence-corrected chi connectivity index (χ3v) is 6.96. The monoisotopic (exact) mass is 441 g/mol. The average Bonchev–Trinajstić information content (AvgIpc) is 3.28. The van der Waals surface area contributed by atoms with E-state index in [-0.39, 0.29) is 29.9 Å². The summed E-state index contributed by atoms with van der Waals surface area (Å²) in [5.41, 5.74) is 1.43. The smallest absolute Gasteiger partial charge is 0.226 e. The van der Waals surface area contributed by atoms with Crippen LogP contribution in [0, 0.1) is 11.3 Å². The maximum Gasteiger partial charge on any atom is 0.226 e. The van der Waals surface area contributed by atoms with Crippen molar-refractivity contribution in [3.8, 4) is 0 Å². The van der Waals surface area contributed by atoms with Crippen molar-refractivity contribution in [2.75, 3.05) is 26.3 Å². The van der Waals surface area contributed by atoms with Gasteiger partial charge in [-0.25, -0.2) is 0 Å². The Kier molecular flexibility index (Phi) is 7.13. The maximum atomic E-state index is 13.6. The molecule has 1 aromatic rings. The molecule has 7 nitrogen and oxygen atoms in total. The number of hydrogen-bond acceptors (Lipinski definition) is 5. The Morgan fingerprint density at radius 2 is 1.97 bits per heavy atom. The summed E-state index contributed by atoms with van der Waals surface area (Å²) < 4.78 is 5.56. The second-order valence-electron chi connectivity index (χ2n) is 9.69. The molecule has 0 aliphatic carbocycles. The number of oxime groups is 1. The van der Waals surface area contributed by atoms with Crippen LogP contribution in [0.2, 0.25) is 0 Å². The van der Waals surface area contributed by atoms with E-state index in [9.17, 15) is 9.59 Å². The highest BCUT2D eigenvalue weighted by Gasteiger charge is 2.46. The highest BCUT2D eigenvalue weighted by molar-refractivity contribution is 6.01. The van der Waals surface area contributed by atoms with Gasteiger partial charge in [0.1, 0.15) is 6.10 Å². The molecule has 3 aliphatic heterocycles. The van der Waals surface area contributed by atoms with Gasteiger partial charge in [-0.2, -0.15) is 0 Å². The molecular weight excluding hydrogens is 406 g/mol. The SMILES string of the molecule is CC(C)C(=O)N1CCC(C[C@@H]2CC(c3ccccc3)=NO2)(C(=O)N[C@H]2CCCOC2)CC1. The third-order valence-electron chi connectivity index (χ3n) is 6.96. The minimum atomic E-state index is -0.558. The molecule has 3 aliphatic rings. The number of likely N-dealkylation sites (tertiary alicyclic amines) is 1. The fourth-order valence-electron chi connectivity index (χ4n) is 5.01. The number of carbonyl (C=O) groups excluding carboxylic acids is 2. The molecule has 0 spiro atoms. The Hall–Kier alpha value is -2.41. The van der Waals surface area contributed by atoms with Crippen LogP contribution in [0.3, 0.4) is 0 Å². The van der Waals surface area contributed by atoms with Crippen molar-refractivity contribution in [3.63, 3.8) is 0 Å². The van der Waals surface area contributed by atoms with Gasteiger partial charge >= 0.3 is 0 Å². The number of nitrogens with zero attached hydrogens (tertiary/aromatic N) is 2. The van der Waals surface area contributed by atoms with Gasteiger partial charge in [-0.3, -0.25) is 9.59 Å². The van der Waals surface area contributed by atoms with Gasteiger partial charge in [0.25, 0.3) is 0 Å². The lowest BCUT2D eigenvalue weighted by molar-refractivity contribution is -0.145. The quantitative estimate of drug-likeness (QED) is 0.736. The van der Waals surface area contributed by atoms with Crippen LogP contribution in [0.15, 0.2) is 35.5 Å². The van der Waals surface area contributed by atoms with E-state index in [1.54, 1.807) is 0 Å². The molecule has 1 aromatic carbocycles. The van der Waals surface area contributed by atoms with Crippen molar-refractivity contribution in [1.29, 1.82) is 0 Å². The molecule has 2 saturated heterocycles. The van der Waals surface area contributed by atoms with Crippen LogP contribution in [0.1, 0.15) is 57.9 Å². The van der Waals surface area contributed by atoms with Crippen LogP contribution in [0.25, 0.3) is 0 Å². The van der Waals surface area contributed by atoms with E-state index >= 15 is 0 Å². The topological polar surface area (TPSA) is 80.2 Å². The minimum absolute atomic E-state index is 0.0317. The van der Waals surface area contributed by atoms with Crippen molar-refractivity contribution in [2.45, 2.75) is 64.5 Å². The molecule has 0 aromatic heterocycles. The van der Waals surface area contributed by atoms with E-state index in [4.69, 9.17) is 9.57 Å². The van der Waals surface area contributed by atoms with Crippen LogP contribution in [-0.2, 0) is 19.2 Å². The van der Waals surface area contributed by atoms with Crippen molar-refractivity contribution < 1.29 is 19.2 Å². The zero-order valence-electron chi connectivity index (χ0n) is 19.2. The fourth-order valence-corrected chi connectivity index (χ4v) is 5.01. The Labute approximate surface area is 190 Å². The first-order valence-corrected chi connectivity index (χ1v) is 11.9. The lowest BCUT2D eigenvalue weighted by Crippen LogP contribution is -2.54. The lowest BCUT2D eigenvalue weighted by Gasteiger charge is -2.42. The third kappa shape index (κ3) is 5.14. The Morgan fingerprint density at radius 1 is 1.22 bits per heavy atom. The molecule has 174 valence electrons. The molecule has 32 heavy (non-hydrogen) atoms. The molecule has 3 heterocycles. The van der Waals surface area contributed by atoms with Crippen molar-refractivity contribution in [2.24, 2.45) is 16.5 Å². The van der Waals surface area contributed by atoms with Gasteiger partial charge in [0.2, 0.25) is 11.8 Å². The lowest BCUT2D eigenvalue weighted by atomic mass is 9.72. The predicted octanol–water partition coefficient (Wildman–Crippen LogP) is 3.13. The van der Waals surface area contributed by atoms with Crippen LogP contribution >= 0.6 is 0 Å². The minimum Gasteiger partial charge on any atom is -0.392 e. The maximum absolute atomic E-state index is 13.6. The highest BCUT2D eigenvalue weighted by Crippen LogP contribution is 2.40.